The van der Waals surface area contributed by atoms with Crippen LogP contribution in [0.2, 0.25) is 0 Å². The number of amides is 1. The average Bonchev–Trinajstić information content (AvgIpc) is 3.16. The molecule has 172 valence electrons. The molecule has 1 atom stereocenters. The monoisotopic (exact) mass is 451 g/mol. The Kier molecular flexibility index (Phi) is 8.04. The third-order valence-electron chi connectivity index (χ3n) is 4.74. The molecule has 1 aromatic heterocycles. The topological polar surface area (TPSA) is 63.1 Å². The maximum absolute atomic E-state index is 13.8. The summed E-state index contributed by atoms with van der Waals surface area (Å²) in [6.45, 7) is 3.78. The molecule has 0 unspecified atom stereocenters. The quantitative estimate of drug-likeness (QED) is 0.560. The number of nitrogens with one attached hydrogen (secondary N) is 1. The van der Waals surface area contributed by atoms with Gasteiger partial charge in [-0.2, -0.15) is 13.2 Å². The van der Waals surface area contributed by atoms with Crippen LogP contribution in [0.1, 0.15) is 37.5 Å². The maximum Gasteiger partial charge on any atom is 0.451 e. The van der Waals surface area contributed by atoms with Gasteiger partial charge < -0.3 is 14.8 Å². The van der Waals surface area contributed by atoms with E-state index in [1.807, 2.05) is 13.8 Å². The van der Waals surface area contributed by atoms with Crippen LogP contribution in [-0.4, -0.2) is 45.2 Å². The molecule has 12 heteroatoms. The molecule has 0 spiro atoms. The summed E-state index contributed by atoms with van der Waals surface area (Å²) in [6, 6.07) is 0.587. The zero-order valence-electron chi connectivity index (χ0n) is 17.2. The van der Waals surface area contributed by atoms with Crippen molar-refractivity contribution in [1.82, 2.24) is 25.0 Å². The van der Waals surface area contributed by atoms with Crippen LogP contribution in [0.15, 0.2) is 12.1 Å². The highest BCUT2D eigenvalue weighted by Crippen LogP contribution is 2.29. The second-order valence-corrected chi connectivity index (χ2v) is 6.66. The molecule has 1 aliphatic heterocycles. The first-order valence-electron chi connectivity index (χ1n) is 9.68. The van der Waals surface area contributed by atoms with Crippen molar-refractivity contribution in [3.8, 4) is 0 Å². The molecule has 1 aliphatic rings. The number of likely N-dealkylation sites (N-methyl/N-ethyl adjacent to an activating group) is 1. The van der Waals surface area contributed by atoms with Gasteiger partial charge in [0.15, 0.2) is 17.5 Å². The maximum atomic E-state index is 13.8. The Morgan fingerprint density at radius 2 is 1.74 bits per heavy atom. The molecular weight excluding hydrogens is 428 g/mol. The predicted octanol–water partition coefficient (Wildman–Crippen LogP) is 3.30. The number of aromatic nitrogens is 3. The van der Waals surface area contributed by atoms with Crippen LogP contribution in [0.4, 0.5) is 26.3 Å². The summed E-state index contributed by atoms with van der Waals surface area (Å²) in [5.41, 5.74) is -0.0933. The molecule has 0 saturated heterocycles. The Hall–Kier alpha value is -2.63. The first kappa shape index (κ1) is 24.6. The van der Waals surface area contributed by atoms with Crippen LogP contribution < -0.4 is 5.32 Å². The van der Waals surface area contributed by atoms with Crippen LogP contribution in [-0.2, 0) is 30.5 Å². The molecule has 0 fully saturated rings. The second kappa shape index (κ2) is 10.1. The molecular formula is C19H23F6N5O. The second-order valence-electron chi connectivity index (χ2n) is 6.66. The van der Waals surface area contributed by atoms with E-state index in [2.05, 4.69) is 15.5 Å². The first-order chi connectivity index (χ1) is 14.6. The Bertz CT molecular complexity index is 914. The van der Waals surface area contributed by atoms with E-state index in [1.165, 1.54) is 11.9 Å². The zero-order valence-corrected chi connectivity index (χ0v) is 17.2. The molecule has 2 aromatic rings. The number of benzene rings is 1. The Morgan fingerprint density at radius 1 is 1.10 bits per heavy atom. The van der Waals surface area contributed by atoms with Gasteiger partial charge in [0.2, 0.25) is 11.7 Å². The van der Waals surface area contributed by atoms with Gasteiger partial charge in [-0.05, 0) is 25.1 Å². The van der Waals surface area contributed by atoms with E-state index in [0.29, 0.717) is 6.07 Å². The molecule has 0 aliphatic carbocycles. The minimum absolute atomic E-state index is 0.0181. The van der Waals surface area contributed by atoms with Gasteiger partial charge >= 0.3 is 6.18 Å². The molecule has 1 amide bonds. The van der Waals surface area contributed by atoms with Gasteiger partial charge in [0.05, 0.1) is 6.54 Å². The van der Waals surface area contributed by atoms with E-state index in [9.17, 15) is 31.1 Å². The summed E-state index contributed by atoms with van der Waals surface area (Å²) < 4.78 is 79.8. The third kappa shape index (κ3) is 5.75. The van der Waals surface area contributed by atoms with Gasteiger partial charge in [-0.25, -0.2) is 13.2 Å². The van der Waals surface area contributed by atoms with Crippen molar-refractivity contribution >= 4 is 5.91 Å². The van der Waals surface area contributed by atoms with Crippen molar-refractivity contribution in [2.45, 2.75) is 52.0 Å². The lowest BCUT2D eigenvalue weighted by atomic mass is 10.0. The summed E-state index contributed by atoms with van der Waals surface area (Å²) in [7, 11) is 1.53. The molecule has 3 rings (SSSR count). The number of halogens is 6. The fourth-order valence-electron chi connectivity index (χ4n) is 3.18. The normalized spacial score (nSPS) is 14.5. The number of rotatable bonds is 5. The SMILES string of the molecule is CC.CN[C@@H](CC(=O)N1CCn2c(nnc2C(F)(F)F)C1)Cc1cc(F)c(F)cc1F. The fourth-order valence-corrected chi connectivity index (χ4v) is 3.18. The summed E-state index contributed by atoms with van der Waals surface area (Å²) in [5.74, 6) is -4.92. The minimum Gasteiger partial charge on any atom is -0.333 e. The number of fused-ring (bicyclic) bond motifs is 1. The molecule has 0 saturated carbocycles. The molecule has 6 nitrogen and oxygen atoms in total. The van der Waals surface area contributed by atoms with Crippen molar-refractivity contribution in [3.05, 3.63) is 46.8 Å². The van der Waals surface area contributed by atoms with E-state index in [1.54, 1.807) is 0 Å². The lowest BCUT2D eigenvalue weighted by Crippen LogP contribution is -2.42. The Labute approximate surface area is 175 Å². The van der Waals surface area contributed by atoms with E-state index in [0.717, 1.165) is 10.6 Å². The highest BCUT2D eigenvalue weighted by Gasteiger charge is 2.40. The fraction of sp³-hybridized carbons (Fsp3) is 0.526. The predicted molar refractivity (Wildman–Crippen MR) is 99.3 cm³/mol. The highest BCUT2D eigenvalue weighted by atomic mass is 19.4. The molecule has 2 heterocycles. The van der Waals surface area contributed by atoms with E-state index < -0.39 is 41.4 Å². The van der Waals surface area contributed by atoms with E-state index in [4.69, 9.17) is 0 Å². The Morgan fingerprint density at radius 3 is 2.35 bits per heavy atom. The van der Waals surface area contributed by atoms with Crippen LogP contribution in [0.5, 0.6) is 0 Å². The smallest absolute Gasteiger partial charge is 0.333 e. The minimum atomic E-state index is -4.64. The lowest BCUT2D eigenvalue weighted by molar-refractivity contribution is -0.148. The van der Waals surface area contributed by atoms with E-state index >= 15 is 0 Å². The van der Waals surface area contributed by atoms with Gasteiger partial charge in [-0.15, -0.1) is 10.2 Å². The van der Waals surface area contributed by atoms with Gasteiger partial charge in [0, 0.05) is 31.6 Å². The van der Waals surface area contributed by atoms with Crippen LogP contribution >= 0.6 is 0 Å². The molecule has 0 bridgehead atoms. The summed E-state index contributed by atoms with van der Waals surface area (Å²) in [6.07, 6.45) is -4.83. The zero-order chi connectivity index (χ0) is 23.3. The third-order valence-corrected chi connectivity index (χ3v) is 4.74. The molecule has 0 radical (unpaired) electrons. The van der Waals surface area contributed by atoms with Crippen molar-refractivity contribution in [1.29, 1.82) is 0 Å². The number of alkyl halides is 3. The largest absolute Gasteiger partial charge is 0.451 e. The molecule has 1 N–H and O–H groups in total. The summed E-state index contributed by atoms with van der Waals surface area (Å²) >= 11 is 0. The summed E-state index contributed by atoms with van der Waals surface area (Å²) in [4.78, 5) is 13.9. The van der Waals surface area contributed by atoms with Gasteiger partial charge in [-0.3, -0.25) is 4.79 Å². The van der Waals surface area contributed by atoms with Gasteiger partial charge in [0.25, 0.3) is 0 Å². The van der Waals surface area contributed by atoms with Gasteiger partial charge in [-0.1, -0.05) is 13.8 Å². The highest BCUT2D eigenvalue weighted by molar-refractivity contribution is 5.77. The van der Waals surface area contributed by atoms with Crippen molar-refractivity contribution in [3.63, 3.8) is 0 Å². The number of carbonyl (C=O) groups is 1. The first-order valence-corrected chi connectivity index (χ1v) is 9.68. The van der Waals surface area contributed by atoms with Crippen molar-refractivity contribution in [2.75, 3.05) is 13.6 Å². The standard InChI is InChI=1S/C17H17F6N5O.C2H6/c1-24-10(4-9-5-12(19)13(20)7-11(9)18)6-15(29)27-2-3-28-14(8-27)25-26-16(28)17(21,22)23;1-2/h5,7,10,24H,2-4,6,8H2,1H3;1-2H3/t10-;/m1./s1. The lowest BCUT2D eigenvalue weighted by Gasteiger charge is -2.29. The van der Waals surface area contributed by atoms with Crippen molar-refractivity contribution in [2.24, 2.45) is 0 Å². The molecule has 1 aromatic carbocycles. The number of nitrogens with zero attached hydrogens (tertiary/aromatic N) is 4. The van der Waals surface area contributed by atoms with Gasteiger partial charge in [0.1, 0.15) is 5.82 Å². The van der Waals surface area contributed by atoms with Crippen LogP contribution in [0.25, 0.3) is 0 Å². The summed E-state index contributed by atoms with van der Waals surface area (Å²) in [5, 5.41) is 9.47. The number of hydrogen-bond acceptors (Lipinski definition) is 4. The molecule has 31 heavy (non-hydrogen) atoms. The van der Waals surface area contributed by atoms with Crippen LogP contribution in [0.3, 0.4) is 0 Å². The number of hydrogen-bond donors (Lipinski definition) is 1. The Balaban J connectivity index is 0.00000166. The average molecular weight is 451 g/mol. The van der Waals surface area contributed by atoms with E-state index in [-0.39, 0.29) is 43.9 Å². The number of carbonyl (C=O) groups excluding carboxylic acids is 1. The van der Waals surface area contributed by atoms with Crippen LogP contribution in [0, 0.1) is 17.5 Å². The van der Waals surface area contributed by atoms with Crippen molar-refractivity contribution < 1.29 is 31.1 Å².